The van der Waals surface area contributed by atoms with Crippen LogP contribution in [0.5, 0.6) is 0 Å². The van der Waals surface area contributed by atoms with Crippen LogP contribution >= 0.6 is 23.2 Å². The molecule has 1 saturated heterocycles. The Hall–Kier alpha value is -0.770. The van der Waals surface area contributed by atoms with Crippen molar-refractivity contribution in [2.24, 2.45) is 5.92 Å². The molecule has 2 rings (SSSR count). The first-order valence-corrected chi connectivity index (χ1v) is 6.85. The normalized spacial score (nSPS) is 19.6. The van der Waals surface area contributed by atoms with Crippen LogP contribution in [-0.4, -0.2) is 19.0 Å². The van der Waals surface area contributed by atoms with Gasteiger partial charge in [0, 0.05) is 13.1 Å². The fourth-order valence-corrected chi connectivity index (χ4v) is 2.47. The van der Waals surface area contributed by atoms with E-state index in [4.69, 9.17) is 23.2 Å². The van der Waals surface area contributed by atoms with Crippen molar-refractivity contribution < 1.29 is 4.79 Å². The minimum Gasteiger partial charge on any atom is -0.352 e. The first-order chi connectivity index (χ1) is 8.68. The third-order valence-electron chi connectivity index (χ3n) is 3.15. The van der Waals surface area contributed by atoms with Crippen molar-refractivity contribution in [3.05, 3.63) is 33.8 Å². The number of amides is 1. The number of hydrogen-bond donors (Lipinski definition) is 2. The summed E-state index contributed by atoms with van der Waals surface area (Å²) >= 11 is 12.0. The van der Waals surface area contributed by atoms with Gasteiger partial charge >= 0.3 is 0 Å². The van der Waals surface area contributed by atoms with Gasteiger partial charge in [0.05, 0.1) is 16.0 Å². The van der Waals surface area contributed by atoms with Gasteiger partial charge in [0.1, 0.15) is 0 Å². The molecular weight excluding hydrogens is 271 g/mol. The van der Waals surface area contributed by atoms with Gasteiger partial charge in [-0.3, -0.25) is 4.79 Å². The average Bonchev–Trinajstić information content (AvgIpc) is 2.41. The Balaban J connectivity index is 1.90. The monoisotopic (exact) mass is 286 g/mol. The minimum absolute atomic E-state index is 0.0664. The van der Waals surface area contributed by atoms with Crippen LogP contribution < -0.4 is 10.6 Å². The van der Waals surface area contributed by atoms with E-state index < -0.39 is 0 Å². The smallest absolute Gasteiger partial charge is 0.224 e. The Kier molecular flexibility index (Phi) is 4.87. The second-order valence-corrected chi connectivity index (χ2v) is 5.26. The van der Waals surface area contributed by atoms with Crippen molar-refractivity contribution in [3.8, 4) is 0 Å². The summed E-state index contributed by atoms with van der Waals surface area (Å²) in [5.41, 5.74) is 0.848. The van der Waals surface area contributed by atoms with E-state index in [2.05, 4.69) is 10.6 Å². The number of carbonyl (C=O) groups is 1. The highest BCUT2D eigenvalue weighted by Gasteiger charge is 2.20. The first-order valence-electron chi connectivity index (χ1n) is 6.10. The van der Waals surface area contributed by atoms with Crippen molar-refractivity contribution in [3.63, 3.8) is 0 Å². The Morgan fingerprint density at radius 2 is 2.28 bits per heavy atom. The highest BCUT2D eigenvalue weighted by molar-refractivity contribution is 6.42. The van der Waals surface area contributed by atoms with E-state index in [1.165, 1.54) is 0 Å². The van der Waals surface area contributed by atoms with Crippen molar-refractivity contribution in [2.45, 2.75) is 19.4 Å². The summed E-state index contributed by atoms with van der Waals surface area (Å²) in [6, 6.07) is 5.44. The van der Waals surface area contributed by atoms with Crippen LogP contribution in [0.15, 0.2) is 18.2 Å². The van der Waals surface area contributed by atoms with E-state index in [0.29, 0.717) is 16.6 Å². The Morgan fingerprint density at radius 1 is 1.44 bits per heavy atom. The number of piperidine rings is 1. The van der Waals surface area contributed by atoms with E-state index in [1.54, 1.807) is 6.07 Å². The lowest BCUT2D eigenvalue weighted by atomic mass is 9.99. The van der Waals surface area contributed by atoms with Crippen LogP contribution in [0.1, 0.15) is 18.4 Å². The first kappa shape index (κ1) is 13.7. The summed E-state index contributed by atoms with van der Waals surface area (Å²) in [5, 5.41) is 7.17. The van der Waals surface area contributed by atoms with Gasteiger partial charge in [-0.05, 0) is 31.0 Å². The summed E-state index contributed by atoms with van der Waals surface area (Å²) in [6.45, 7) is 2.19. The van der Waals surface area contributed by atoms with Crippen molar-refractivity contribution in [2.75, 3.05) is 13.1 Å². The van der Waals surface area contributed by atoms with Crippen LogP contribution in [0.4, 0.5) is 0 Å². The van der Waals surface area contributed by atoms with Gasteiger partial charge in [-0.1, -0.05) is 35.3 Å². The van der Waals surface area contributed by atoms with E-state index in [-0.39, 0.29) is 11.8 Å². The fourth-order valence-electron chi connectivity index (χ4n) is 2.09. The lowest BCUT2D eigenvalue weighted by Crippen LogP contribution is -2.40. The molecule has 5 heteroatoms. The molecule has 2 N–H and O–H groups in total. The van der Waals surface area contributed by atoms with Gasteiger partial charge in [-0.2, -0.15) is 0 Å². The van der Waals surface area contributed by atoms with Crippen molar-refractivity contribution in [1.29, 1.82) is 0 Å². The van der Waals surface area contributed by atoms with Gasteiger partial charge in [0.2, 0.25) is 5.91 Å². The second-order valence-electron chi connectivity index (χ2n) is 4.47. The largest absolute Gasteiger partial charge is 0.352 e. The molecule has 0 saturated carbocycles. The maximum absolute atomic E-state index is 11.9. The average molecular weight is 287 g/mol. The summed E-state index contributed by atoms with van der Waals surface area (Å²) < 4.78 is 0. The molecule has 1 amide bonds. The third-order valence-corrected chi connectivity index (χ3v) is 4.01. The predicted molar refractivity (Wildman–Crippen MR) is 73.9 cm³/mol. The highest BCUT2D eigenvalue weighted by Crippen LogP contribution is 2.25. The van der Waals surface area contributed by atoms with E-state index in [9.17, 15) is 4.79 Å². The quantitative estimate of drug-likeness (QED) is 0.897. The van der Waals surface area contributed by atoms with E-state index in [1.807, 2.05) is 12.1 Å². The van der Waals surface area contributed by atoms with Crippen molar-refractivity contribution in [1.82, 2.24) is 10.6 Å². The summed E-state index contributed by atoms with van der Waals surface area (Å²) in [6.07, 6.45) is 2.00. The molecule has 1 aliphatic rings. The van der Waals surface area contributed by atoms with Crippen LogP contribution in [0, 0.1) is 5.92 Å². The lowest BCUT2D eigenvalue weighted by Gasteiger charge is -2.22. The molecule has 18 heavy (non-hydrogen) atoms. The zero-order valence-corrected chi connectivity index (χ0v) is 11.5. The molecule has 1 atom stereocenters. The van der Waals surface area contributed by atoms with Gasteiger partial charge in [0.15, 0.2) is 0 Å². The van der Waals surface area contributed by atoms with E-state index in [0.717, 1.165) is 31.5 Å². The number of nitrogens with one attached hydrogen (secondary N) is 2. The summed E-state index contributed by atoms with van der Waals surface area (Å²) in [7, 11) is 0. The molecule has 1 aliphatic heterocycles. The Labute approximate surface area is 117 Å². The number of halogens is 2. The lowest BCUT2D eigenvalue weighted by molar-refractivity contribution is -0.125. The summed E-state index contributed by atoms with van der Waals surface area (Å²) in [5.74, 6) is 0.148. The molecule has 0 spiro atoms. The molecule has 1 fully saturated rings. The number of hydrogen-bond acceptors (Lipinski definition) is 2. The molecule has 0 bridgehead atoms. The van der Waals surface area contributed by atoms with E-state index >= 15 is 0 Å². The Bertz CT molecular complexity index is 431. The van der Waals surface area contributed by atoms with Crippen LogP contribution in [-0.2, 0) is 11.3 Å². The molecule has 0 radical (unpaired) electrons. The molecule has 0 aromatic heterocycles. The zero-order valence-electron chi connectivity index (χ0n) is 10.0. The van der Waals surface area contributed by atoms with Gasteiger partial charge < -0.3 is 10.6 Å². The zero-order chi connectivity index (χ0) is 13.0. The summed E-state index contributed by atoms with van der Waals surface area (Å²) in [4.78, 5) is 11.9. The second kappa shape index (κ2) is 6.41. The SMILES string of the molecule is O=C(NCc1cccc(Cl)c1Cl)C1CCCNC1. The van der Waals surface area contributed by atoms with Crippen molar-refractivity contribution >= 4 is 29.1 Å². The molecule has 3 nitrogen and oxygen atoms in total. The molecule has 1 unspecified atom stereocenters. The molecule has 0 aliphatic carbocycles. The van der Waals surface area contributed by atoms with Gasteiger partial charge in [-0.15, -0.1) is 0 Å². The topological polar surface area (TPSA) is 41.1 Å². The fraction of sp³-hybridized carbons (Fsp3) is 0.462. The van der Waals surface area contributed by atoms with Crippen LogP contribution in [0.2, 0.25) is 10.0 Å². The number of benzene rings is 1. The highest BCUT2D eigenvalue weighted by atomic mass is 35.5. The molecule has 1 aromatic carbocycles. The van der Waals surface area contributed by atoms with Gasteiger partial charge in [-0.25, -0.2) is 0 Å². The van der Waals surface area contributed by atoms with Crippen LogP contribution in [0.3, 0.4) is 0 Å². The molecule has 1 heterocycles. The standard InChI is InChI=1S/C13H16Cl2N2O/c14-11-5-1-3-9(12(11)15)8-17-13(18)10-4-2-6-16-7-10/h1,3,5,10,16H,2,4,6-8H2,(H,17,18). The maximum Gasteiger partial charge on any atom is 0.224 e. The van der Waals surface area contributed by atoms with Crippen LogP contribution in [0.25, 0.3) is 0 Å². The predicted octanol–water partition coefficient (Wildman–Crippen LogP) is 2.61. The number of carbonyl (C=O) groups excluding carboxylic acids is 1. The third kappa shape index (κ3) is 3.37. The molecule has 98 valence electrons. The minimum atomic E-state index is 0.0664. The molecule has 1 aromatic rings. The molecular formula is C13H16Cl2N2O. The Morgan fingerprint density at radius 3 is 3.00 bits per heavy atom. The maximum atomic E-state index is 11.9. The van der Waals surface area contributed by atoms with Gasteiger partial charge in [0.25, 0.3) is 0 Å². The number of rotatable bonds is 3.